The van der Waals surface area contributed by atoms with Crippen molar-refractivity contribution < 1.29 is 38.1 Å². The topological polar surface area (TPSA) is 186 Å². The minimum absolute atomic E-state index is 0.0405. The van der Waals surface area contributed by atoms with Crippen LogP contribution in [0.3, 0.4) is 0 Å². The van der Waals surface area contributed by atoms with Gasteiger partial charge < -0.3 is 26.4 Å². The van der Waals surface area contributed by atoms with Crippen molar-refractivity contribution in [3.63, 3.8) is 0 Å². The predicted octanol–water partition coefficient (Wildman–Crippen LogP) is -1.04. The highest BCUT2D eigenvalue weighted by Crippen LogP contribution is 2.23. The fourth-order valence-electron chi connectivity index (χ4n) is 4.44. The van der Waals surface area contributed by atoms with Gasteiger partial charge in [0.05, 0.1) is 0 Å². The summed E-state index contributed by atoms with van der Waals surface area (Å²) in [5, 5.41) is 2.64. The molecule has 3 atom stereocenters. The van der Waals surface area contributed by atoms with Gasteiger partial charge in [-0.05, 0) is 46.1 Å². The number of hydrogen-bond donors (Lipinski definition) is 3. The number of carbonyl (C=O) groups excluding carboxylic acids is 6. The average Bonchev–Trinajstić information content (AvgIpc) is 3.44. The standard InChI is InChI=1S/C24H32N6O7/c1-24(2,3)37-23(36)30-17(8-9-18(30)31)21(34)27-15(13-28-10-4-6-14(12-28)19(25)32)22(35)29-11-5-7-16(29)20(26)33/h4,6,10,12,15-17H,5,7-9,11,13H2,1-3H3,(H4-,25,26,27,32,33,34)/p+1. The smallest absolute Gasteiger partial charge is 0.417 e. The van der Waals surface area contributed by atoms with Gasteiger partial charge in [0.15, 0.2) is 25.0 Å². The molecule has 0 spiro atoms. The van der Waals surface area contributed by atoms with Crippen LogP contribution in [0.4, 0.5) is 4.79 Å². The number of imide groups is 1. The maximum Gasteiger partial charge on any atom is 0.417 e. The predicted molar refractivity (Wildman–Crippen MR) is 127 cm³/mol. The summed E-state index contributed by atoms with van der Waals surface area (Å²) in [7, 11) is 0. The number of rotatable bonds is 7. The zero-order valence-corrected chi connectivity index (χ0v) is 21.1. The lowest BCUT2D eigenvalue weighted by Crippen LogP contribution is -2.60. The van der Waals surface area contributed by atoms with Gasteiger partial charge in [-0.3, -0.25) is 24.0 Å². The quantitative estimate of drug-likeness (QED) is 0.385. The molecule has 2 aliphatic heterocycles. The second-order valence-corrected chi connectivity index (χ2v) is 10.1. The van der Waals surface area contributed by atoms with E-state index in [1.807, 2.05) is 0 Å². The second kappa shape index (κ2) is 10.9. The summed E-state index contributed by atoms with van der Waals surface area (Å²) < 4.78 is 6.79. The van der Waals surface area contributed by atoms with Crippen molar-refractivity contribution in [3.8, 4) is 0 Å². The summed E-state index contributed by atoms with van der Waals surface area (Å²) in [6, 6.07) is -0.131. The van der Waals surface area contributed by atoms with Crippen LogP contribution in [0.5, 0.6) is 0 Å². The van der Waals surface area contributed by atoms with Crippen molar-refractivity contribution in [1.82, 2.24) is 15.1 Å². The molecule has 2 aliphatic rings. The average molecular weight is 518 g/mol. The van der Waals surface area contributed by atoms with Crippen LogP contribution >= 0.6 is 0 Å². The lowest BCUT2D eigenvalue weighted by atomic mass is 10.1. The van der Waals surface area contributed by atoms with Crippen LogP contribution in [0.25, 0.3) is 0 Å². The fourth-order valence-corrected chi connectivity index (χ4v) is 4.44. The molecule has 1 aromatic heterocycles. The van der Waals surface area contributed by atoms with Gasteiger partial charge in [0, 0.05) is 19.0 Å². The normalized spacial score (nSPS) is 20.5. The number of hydrogen-bond acceptors (Lipinski definition) is 7. The van der Waals surface area contributed by atoms with E-state index in [-0.39, 0.29) is 31.5 Å². The number of nitrogens with two attached hydrogens (primary N) is 2. The Hall–Kier alpha value is -4.03. The molecule has 37 heavy (non-hydrogen) atoms. The molecule has 0 aromatic carbocycles. The van der Waals surface area contributed by atoms with E-state index in [4.69, 9.17) is 16.2 Å². The van der Waals surface area contributed by atoms with Crippen molar-refractivity contribution in [3.05, 3.63) is 30.1 Å². The largest absolute Gasteiger partial charge is 0.443 e. The first-order valence-corrected chi connectivity index (χ1v) is 12.0. The Morgan fingerprint density at radius 3 is 2.49 bits per heavy atom. The van der Waals surface area contributed by atoms with E-state index in [9.17, 15) is 28.8 Å². The van der Waals surface area contributed by atoms with Crippen LogP contribution < -0.4 is 21.4 Å². The maximum absolute atomic E-state index is 13.5. The van der Waals surface area contributed by atoms with Crippen LogP contribution in [-0.2, 0) is 30.5 Å². The molecule has 3 rings (SSSR count). The molecule has 3 heterocycles. The minimum Gasteiger partial charge on any atom is -0.443 e. The molecule has 3 unspecified atom stereocenters. The number of likely N-dealkylation sites (tertiary alicyclic amines) is 2. The number of amides is 6. The van der Waals surface area contributed by atoms with E-state index in [0.717, 1.165) is 4.90 Å². The van der Waals surface area contributed by atoms with Gasteiger partial charge in [0.1, 0.15) is 23.2 Å². The molecule has 0 aliphatic carbocycles. The van der Waals surface area contributed by atoms with E-state index in [1.165, 1.54) is 21.7 Å². The monoisotopic (exact) mass is 517 g/mol. The summed E-state index contributed by atoms with van der Waals surface area (Å²) in [5.74, 6) is -3.17. The van der Waals surface area contributed by atoms with Gasteiger partial charge in [0.2, 0.25) is 17.7 Å². The molecule has 2 fully saturated rings. The summed E-state index contributed by atoms with van der Waals surface area (Å²) >= 11 is 0. The third-order valence-electron chi connectivity index (χ3n) is 6.12. The number of aromatic nitrogens is 1. The molecular weight excluding hydrogens is 484 g/mol. The van der Waals surface area contributed by atoms with E-state index in [0.29, 0.717) is 12.8 Å². The lowest BCUT2D eigenvalue weighted by molar-refractivity contribution is -0.697. The summed E-state index contributed by atoms with van der Waals surface area (Å²) in [5.41, 5.74) is 10.1. The molecule has 2 saturated heterocycles. The van der Waals surface area contributed by atoms with Crippen molar-refractivity contribution in [1.29, 1.82) is 0 Å². The number of pyridine rings is 1. The molecule has 200 valence electrons. The van der Waals surface area contributed by atoms with Gasteiger partial charge in [0.25, 0.3) is 11.8 Å². The molecule has 13 heteroatoms. The molecule has 0 radical (unpaired) electrons. The van der Waals surface area contributed by atoms with E-state index in [2.05, 4.69) is 5.32 Å². The molecule has 6 amide bonds. The van der Waals surface area contributed by atoms with Crippen LogP contribution in [0.15, 0.2) is 24.5 Å². The van der Waals surface area contributed by atoms with Gasteiger partial charge in [-0.1, -0.05) is 0 Å². The van der Waals surface area contributed by atoms with Gasteiger partial charge in [-0.2, -0.15) is 0 Å². The Labute approximate surface area is 214 Å². The van der Waals surface area contributed by atoms with Gasteiger partial charge in [-0.15, -0.1) is 0 Å². The molecule has 1 aromatic rings. The minimum atomic E-state index is -1.20. The van der Waals surface area contributed by atoms with Crippen molar-refractivity contribution >= 4 is 35.6 Å². The molecular formula is C24H33N6O7+. The number of primary amides is 2. The van der Waals surface area contributed by atoms with Crippen LogP contribution in [-0.4, -0.2) is 75.7 Å². The summed E-state index contributed by atoms with van der Waals surface area (Å²) in [6.07, 6.45) is 3.04. The molecule has 0 bridgehead atoms. The first kappa shape index (κ1) is 27.6. The second-order valence-electron chi connectivity index (χ2n) is 10.1. The SMILES string of the molecule is CC(C)(C)OC(=O)N1C(=O)CCC1C(=O)NC(C[n+]1cccc(C(N)=O)c1)C(=O)N1CCCC1C(N)=O. The Bertz CT molecular complexity index is 1120. The Kier molecular flexibility index (Phi) is 8.14. The summed E-state index contributed by atoms with van der Waals surface area (Å²) in [4.78, 5) is 77.5. The Morgan fingerprint density at radius 2 is 1.86 bits per heavy atom. The first-order chi connectivity index (χ1) is 17.3. The van der Waals surface area contributed by atoms with E-state index in [1.54, 1.807) is 33.0 Å². The molecule has 13 nitrogen and oxygen atoms in total. The zero-order valence-electron chi connectivity index (χ0n) is 21.1. The first-order valence-electron chi connectivity index (χ1n) is 12.0. The number of ether oxygens (including phenoxy) is 1. The third-order valence-corrected chi connectivity index (χ3v) is 6.12. The van der Waals surface area contributed by atoms with Crippen molar-refractivity contribution in [2.45, 2.75) is 76.7 Å². The van der Waals surface area contributed by atoms with E-state index >= 15 is 0 Å². The zero-order chi connectivity index (χ0) is 27.5. The highest BCUT2D eigenvalue weighted by molar-refractivity contribution is 6.02. The molecule has 0 saturated carbocycles. The van der Waals surface area contributed by atoms with E-state index < -0.39 is 59.4 Å². The highest BCUT2D eigenvalue weighted by Gasteiger charge is 2.45. The number of carbonyl (C=O) groups is 6. The summed E-state index contributed by atoms with van der Waals surface area (Å²) in [6.45, 7) is 5.07. The van der Waals surface area contributed by atoms with Crippen molar-refractivity contribution in [2.75, 3.05) is 6.54 Å². The molecule has 5 N–H and O–H groups in total. The van der Waals surface area contributed by atoms with Crippen LogP contribution in [0, 0.1) is 0 Å². The van der Waals surface area contributed by atoms with Crippen LogP contribution in [0.1, 0.15) is 56.8 Å². The van der Waals surface area contributed by atoms with Gasteiger partial charge >= 0.3 is 6.09 Å². The Balaban J connectivity index is 1.87. The maximum atomic E-state index is 13.5. The lowest BCUT2D eigenvalue weighted by Gasteiger charge is -2.29. The van der Waals surface area contributed by atoms with Gasteiger partial charge in [-0.25, -0.2) is 14.3 Å². The fraction of sp³-hybridized carbons (Fsp3) is 0.542. The number of nitrogens with one attached hydrogen (secondary N) is 1. The van der Waals surface area contributed by atoms with Crippen molar-refractivity contribution in [2.24, 2.45) is 11.5 Å². The number of nitrogens with zero attached hydrogens (tertiary/aromatic N) is 3. The third kappa shape index (κ3) is 6.60. The Morgan fingerprint density at radius 1 is 1.16 bits per heavy atom. The highest BCUT2D eigenvalue weighted by atomic mass is 16.6. The van der Waals surface area contributed by atoms with Crippen LogP contribution in [0.2, 0.25) is 0 Å².